The van der Waals surface area contributed by atoms with Gasteiger partial charge in [-0.05, 0) is 28.5 Å². The lowest BCUT2D eigenvalue weighted by Gasteiger charge is -2.15. The van der Waals surface area contributed by atoms with Crippen LogP contribution in [0.5, 0.6) is 0 Å². The van der Waals surface area contributed by atoms with Crippen molar-refractivity contribution < 1.29 is 10.2 Å². The van der Waals surface area contributed by atoms with E-state index in [1.165, 1.54) is 0 Å². The topological polar surface area (TPSA) is 40.5 Å². The first-order valence-corrected chi connectivity index (χ1v) is 6.17. The Kier molecular flexibility index (Phi) is 3.31. The molecule has 0 fully saturated rings. The van der Waals surface area contributed by atoms with E-state index in [2.05, 4.69) is 12.6 Å². The molecule has 0 saturated carbocycles. The van der Waals surface area contributed by atoms with Gasteiger partial charge in [-0.25, -0.2) is 0 Å². The van der Waals surface area contributed by atoms with Crippen molar-refractivity contribution in [1.82, 2.24) is 0 Å². The van der Waals surface area contributed by atoms with Crippen molar-refractivity contribution in [2.45, 2.75) is 12.2 Å². The summed E-state index contributed by atoms with van der Waals surface area (Å²) in [5.41, 5.74) is 0.742. The minimum Gasteiger partial charge on any atom is -0.389 e. The third-order valence-electron chi connectivity index (χ3n) is 2.37. The highest BCUT2D eigenvalue weighted by Crippen LogP contribution is 2.26. The van der Waals surface area contributed by atoms with Gasteiger partial charge in [0.25, 0.3) is 0 Å². The van der Waals surface area contributed by atoms with Crippen molar-refractivity contribution in [3.8, 4) is 0 Å². The largest absolute Gasteiger partial charge is 0.389 e. The van der Waals surface area contributed by atoms with Crippen LogP contribution < -0.4 is 0 Å². The van der Waals surface area contributed by atoms with Gasteiger partial charge in [-0.1, -0.05) is 12.1 Å². The Morgan fingerprint density at radius 1 is 1.27 bits per heavy atom. The quantitative estimate of drug-likeness (QED) is 0.720. The molecule has 1 aromatic carbocycles. The van der Waals surface area contributed by atoms with Gasteiger partial charge in [0.15, 0.2) is 0 Å². The summed E-state index contributed by atoms with van der Waals surface area (Å²) in [7, 11) is 0. The number of thiol groups is 1. The van der Waals surface area contributed by atoms with E-state index in [1.54, 1.807) is 11.3 Å². The molecule has 0 saturated heterocycles. The average molecular weight is 240 g/mol. The summed E-state index contributed by atoms with van der Waals surface area (Å²) in [6.45, 7) is 0. The number of aliphatic hydroxyl groups is 2. The molecule has 0 aliphatic heterocycles. The zero-order valence-corrected chi connectivity index (χ0v) is 9.71. The average Bonchev–Trinajstić information content (AvgIpc) is 2.73. The van der Waals surface area contributed by atoms with E-state index >= 15 is 0 Å². The molecule has 2 nitrogen and oxygen atoms in total. The molecule has 1 heterocycles. The van der Waals surface area contributed by atoms with Crippen LogP contribution in [0.3, 0.4) is 0 Å². The highest BCUT2D eigenvalue weighted by molar-refractivity contribution is 7.80. The first-order valence-electron chi connectivity index (χ1n) is 4.66. The van der Waals surface area contributed by atoms with E-state index in [4.69, 9.17) is 0 Å². The van der Waals surface area contributed by atoms with Crippen molar-refractivity contribution in [2.75, 3.05) is 5.75 Å². The lowest BCUT2D eigenvalue weighted by atomic mass is 10.0. The molecule has 2 rings (SSSR count). The Labute approximate surface area is 97.6 Å². The number of hydrogen-bond acceptors (Lipinski definition) is 4. The van der Waals surface area contributed by atoms with Gasteiger partial charge < -0.3 is 10.2 Å². The molecule has 0 bridgehead atoms. The molecule has 0 aliphatic carbocycles. The molecule has 0 radical (unpaired) electrons. The summed E-state index contributed by atoms with van der Waals surface area (Å²) in [5, 5.41) is 22.4. The molecule has 15 heavy (non-hydrogen) atoms. The molecular weight excluding hydrogens is 228 g/mol. The van der Waals surface area contributed by atoms with Crippen LogP contribution in [-0.4, -0.2) is 22.1 Å². The van der Waals surface area contributed by atoms with Crippen molar-refractivity contribution in [3.05, 3.63) is 35.2 Å². The molecule has 80 valence electrons. The zero-order chi connectivity index (χ0) is 10.8. The summed E-state index contributed by atoms with van der Waals surface area (Å²) in [4.78, 5) is 0. The SMILES string of the molecule is OC(CS)C(O)c1ccc2ccsc2c1. The van der Waals surface area contributed by atoms with Crippen LogP contribution in [0.2, 0.25) is 0 Å². The molecule has 0 spiro atoms. The van der Waals surface area contributed by atoms with Crippen molar-refractivity contribution in [2.24, 2.45) is 0 Å². The second-order valence-corrected chi connectivity index (χ2v) is 4.73. The van der Waals surface area contributed by atoms with Gasteiger partial charge in [-0.15, -0.1) is 11.3 Å². The second kappa shape index (κ2) is 4.53. The highest BCUT2D eigenvalue weighted by Gasteiger charge is 2.16. The maximum Gasteiger partial charge on any atom is 0.106 e. The number of hydrogen-bond donors (Lipinski definition) is 3. The number of benzene rings is 1. The molecular formula is C11H12O2S2. The summed E-state index contributed by atoms with van der Waals surface area (Å²) < 4.78 is 1.12. The second-order valence-electron chi connectivity index (χ2n) is 3.41. The van der Waals surface area contributed by atoms with Crippen LogP contribution in [0.1, 0.15) is 11.7 Å². The summed E-state index contributed by atoms with van der Waals surface area (Å²) in [6.07, 6.45) is -1.67. The Bertz CT molecular complexity index is 453. The van der Waals surface area contributed by atoms with Gasteiger partial charge in [0, 0.05) is 10.5 Å². The van der Waals surface area contributed by atoms with Gasteiger partial charge in [0.1, 0.15) is 6.10 Å². The molecule has 4 heteroatoms. The van der Waals surface area contributed by atoms with E-state index in [-0.39, 0.29) is 5.75 Å². The number of fused-ring (bicyclic) bond motifs is 1. The lowest BCUT2D eigenvalue weighted by Crippen LogP contribution is -2.19. The van der Waals surface area contributed by atoms with Crippen LogP contribution in [0.25, 0.3) is 10.1 Å². The smallest absolute Gasteiger partial charge is 0.106 e. The van der Waals surface area contributed by atoms with Crippen molar-refractivity contribution in [3.63, 3.8) is 0 Å². The molecule has 2 aromatic rings. The van der Waals surface area contributed by atoms with E-state index in [9.17, 15) is 10.2 Å². The number of thiophene rings is 1. The van der Waals surface area contributed by atoms with E-state index in [0.717, 1.165) is 15.6 Å². The third kappa shape index (κ3) is 2.18. The third-order valence-corrected chi connectivity index (χ3v) is 3.63. The minimum absolute atomic E-state index is 0.254. The van der Waals surface area contributed by atoms with Crippen molar-refractivity contribution >= 4 is 34.1 Å². The van der Waals surface area contributed by atoms with Crippen LogP contribution in [0.4, 0.5) is 0 Å². The number of rotatable bonds is 3. The Morgan fingerprint density at radius 2 is 2.07 bits per heavy atom. The number of aliphatic hydroxyl groups excluding tert-OH is 2. The van der Waals surface area contributed by atoms with Crippen LogP contribution >= 0.6 is 24.0 Å². The van der Waals surface area contributed by atoms with Gasteiger partial charge in [0.05, 0.1) is 6.10 Å². The van der Waals surface area contributed by atoms with Crippen LogP contribution in [0.15, 0.2) is 29.6 Å². The van der Waals surface area contributed by atoms with E-state index in [1.807, 2.05) is 29.6 Å². The molecule has 2 atom stereocenters. The lowest BCUT2D eigenvalue weighted by molar-refractivity contribution is 0.0338. The van der Waals surface area contributed by atoms with Crippen LogP contribution in [0, 0.1) is 0 Å². The fraction of sp³-hybridized carbons (Fsp3) is 0.273. The first kappa shape index (κ1) is 11.0. The summed E-state index contributed by atoms with van der Waals surface area (Å²) in [5.74, 6) is 0.254. The molecule has 2 N–H and O–H groups in total. The molecule has 1 aromatic heterocycles. The van der Waals surface area contributed by atoms with Crippen molar-refractivity contribution in [1.29, 1.82) is 0 Å². The molecule has 0 aliphatic rings. The standard InChI is InChI=1S/C11H12O2S2/c12-9(6-14)11(13)8-2-1-7-3-4-15-10(7)5-8/h1-5,9,11-14H,6H2. The fourth-order valence-electron chi connectivity index (χ4n) is 1.48. The van der Waals surface area contributed by atoms with Gasteiger partial charge in [0.2, 0.25) is 0 Å². The Hall–Kier alpha value is -0.550. The predicted molar refractivity (Wildman–Crippen MR) is 66.6 cm³/mol. The Balaban J connectivity index is 2.35. The molecule has 0 amide bonds. The highest BCUT2D eigenvalue weighted by atomic mass is 32.1. The van der Waals surface area contributed by atoms with E-state index < -0.39 is 12.2 Å². The monoisotopic (exact) mass is 240 g/mol. The Morgan fingerprint density at radius 3 is 2.80 bits per heavy atom. The maximum atomic E-state index is 9.79. The molecule has 2 unspecified atom stereocenters. The zero-order valence-electron chi connectivity index (χ0n) is 8.00. The van der Waals surface area contributed by atoms with Gasteiger partial charge in [-0.3, -0.25) is 0 Å². The van der Waals surface area contributed by atoms with Gasteiger partial charge >= 0.3 is 0 Å². The minimum atomic E-state index is -0.853. The summed E-state index contributed by atoms with van der Waals surface area (Å²) >= 11 is 5.59. The predicted octanol–water partition coefficient (Wildman–Crippen LogP) is 2.23. The fourth-order valence-corrected chi connectivity index (χ4v) is 2.51. The summed E-state index contributed by atoms with van der Waals surface area (Å²) in [6, 6.07) is 7.74. The van der Waals surface area contributed by atoms with Gasteiger partial charge in [-0.2, -0.15) is 12.6 Å². The van der Waals surface area contributed by atoms with Crippen LogP contribution in [-0.2, 0) is 0 Å². The first-order chi connectivity index (χ1) is 7.22. The normalized spacial score (nSPS) is 15.4. The van der Waals surface area contributed by atoms with E-state index in [0.29, 0.717) is 0 Å². The maximum absolute atomic E-state index is 9.79.